The largest absolute Gasteiger partial charge is 0.493 e. The number of anilines is 1. The van der Waals surface area contributed by atoms with E-state index in [2.05, 4.69) is 20.5 Å². The lowest BCUT2D eigenvalue weighted by Crippen LogP contribution is -2.14. The number of aromatic nitrogens is 4. The first-order chi connectivity index (χ1) is 13.5. The van der Waals surface area contributed by atoms with Crippen LogP contribution in [0.15, 0.2) is 34.9 Å². The standard InChI is InChI=1S/C18H20ClN5O2S2/c1-12-10-13(19)5-6-14(12)26-8-3-4-15-22-23-18(24(15)2)28-11-16(25)21-17-20-7-9-27-17/h5-7,9-10H,3-4,8,11H2,1-2H3,(H,20,21,25). The minimum Gasteiger partial charge on any atom is -0.493 e. The van der Waals surface area contributed by atoms with Gasteiger partial charge in [0.1, 0.15) is 11.6 Å². The highest BCUT2D eigenvalue weighted by molar-refractivity contribution is 7.99. The molecular weight excluding hydrogens is 418 g/mol. The molecule has 0 bridgehead atoms. The lowest BCUT2D eigenvalue weighted by atomic mass is 10.2. The Morgan fingerprint density at radius 1 is 1.39 bits per heavy atom. The van der Waals surface area contributed by atoms with E-state index in [9.17, 15) is 4.79 Å². The maximum absolute atomic E-state index is 11.9. The van der Waals surface area contributed by atoms with Crippen molar-refractivity contribution in [3.05, 3.63) is 46.2 Å². The van der Waals surface area contributed by atoms with Gasteiger partial charge in [0.15, 0.2) is 10.3 Å². The molecule has 3 aromatic rings. The summed E-state index contributed by atoms with van der Waals surface area (Å²) in [6.07, 6.45) is 3.20. The molecule has 0 saturated carbocycles. The van der Waals surface area contributed by atoms with Crippen molar-refractivity contribution in [2.24, 2.45) is 7.05 Å². The van der Waals surface area contributed by atoms with Crippen LogP contribution < -0.4 is 10.1 Å². The van der Waals surface area contributed by atoms with Crippen molar-refractivity contribution >= 4 is 45.7 Å². The van der Waals surface area contributed by atoms with Gasteiger partial charge in [0.2, 0.25) is 5.91 Å². The number of hydrogen-bond acceptors (Lipinski definition) is 7. The molecule has 0 spiro atoms. The van der Waals surface area contributed by atoms with E-state index in [0.717, 1.165) is 30.0 Å². The third-order valence-electron chi connectivity index (χ3n) is 3.88. The van der Waals surface area contributed by atoms with Gasteiger partial charge in [0.25, 0.3) is 0 Å². The smallest absolute Gasteiger partial charge is 0.236 e. The molecule has 0 aliphatic carbocycles. The molecule has 0 fully saturated rings. The number of aryl methyl sites for hydroxylation is 2. The number of thioether (sulfide) groups is 1. The summed E-state index contributed by atoms with van der Waals surface area (Å²) in [7, 11) is 1.90. The van der Waals surface area contributed by atoms with Gasteiger partial charge in [-0.2, -0.15) is 0 Å². The summed E-state index contributed by atoms with van der Waals surface area (Å²) in [5, 5.41) is 15.0. The average molecular weight is 438 g/mol. The van der Waals surface area contributed by atoms with Crippen LogP contribution in [-0.4, -0.2) is 38.0 Å². The number of rotatable bonds is 9. The van der Waals surface area contributed by atoms with Crippen LogP contribution in [0.5, 0.6) is 5.75 Å². The predicted molar refractivity (Wildman–Crippen MR) is 112 cm³/mol. The monoisotopic (exact) mass is 437 g/mol. The first kappa shape index (κ1) is 20.6. The summed E-state index contributed by atoms with van der Waals surface area (Å²) < 4.78 is 7.72. The number of hydrogen-bond donors (Lipinski definition) is 1. The van der Waals surface area contributed by atoms with E-state index in [4.69, 9.17) is 16.3 Å². The van der Waals surface area contributed by atoms with Gasteiger partial charge in [0.05, 0.1) is 12.4 Å². The fourth-order valence-corrected chi connectivity index (χ4v) is 3.95. The summed E-state index contributed by atoms with van der Waals surface area (Å²) in [6.45, 7) is 2.55. The van der Waals surface area contributed by atoms with Crippen LogP contribution in [0.3, 0.4) is 0 Å². The summed E-state index contributed by atoms with van der Waals surface area (Å²) in [6, 6.07) is 5.58. The number of nitrogens with one attached hydrogen (secondary N) is 1. The summed E-state index contributed by atoms with van der Waals surface area (Å²) in [5.41, 5.74) is 1.01. The van der Waals surface area contributed by atoms with E-state index in [0.29, 0.717) is 21.9 Å². The summed E-state index contributed by atoms with van der Waals surface area (Å²) in [4.78, 5) is 16.0. The molecule has 28 heavy (non-hydrogen) atoms. The van der Waals surface area contributed by atoms with Crippen LogP contribution in [0.25, 0.3) is 0 Å². The second-order valence-electron chi connectivity index (χ2n) is 5.99. The molecule has 0 atom stereocenters. The second-order valence-corrected chi connectivity index (χ2v) is 8.27. The normalized spacial score (nSPS) is 10.8. The van der Waals surface area contributed by atoms with Gasteiger partial charge in [-0.25, -0.2) is 4.98 Å². The molecule has 0 saturated heterocycles. The van der Waals surface area contributed by atoms with Gasteiger partial charge < -0.3 is 14.6 Å². The summed E-state index contributed by atoms with van der Waals surface area (Å²) in [5.74, 6) is 1.84. The molecule has 10 heteroatoms. The van der Waals surface area contributed by atoms with Crippen molar-refractivity contribution in [2.45, 2.75) is 24.9 Å². The van der Waals surface area contributed by atoms with Crippen molar-refractivity contribution in [1.29, 1.82) is 0 Å². The Morgan fingerprint density at radius 2 is 2.25 bits per heavy atom. The zero-order valence-corrected chi connectivity index (χ0v) is 17.9. The van der Waals surface area contributed by atoms with Gasteiger partial charge >= 0.3 is 0 Å². The summed E-state index contributed by atoms with van der Waals surface area (Å²) >= 11 is 8.69. The van der Waals surface area contributed by atoms with E-state index in [-0.39, 0.29) is 11.7 Å². The van der Waals surface area contributed by atoms with E-state index in [1.807, 2.05) is 42.1 Å². The van der Waals surface area contributed by atoms with Crippen molar-refractivity contribution < 1.29 is 9.53 Å². The zero-order chi connectivity index (χ0) is 19.9. The maximum atomic E-state index is 11.9. The first-order valence-electron chi connectivity index (χ1n) is 8.62. The molecule has 0 unspecified atom stereocenters. The lowest BCUT2D eigenvalue weighted by Gasteiger charge is -2.09. The Morgan fingerprint density at radius 3 is 3.00 bits per heavy atom. The Bertz CT molecular complexity index is 930. The first-order valence-corrected chi connectivity index (χ1v) is 10.9. The van der Waals surface area contributed by atoms with Crippen molar-refractivity contribution in [1.82, 2.24) is 19.7 Å². The van der Waals surface area contributed by atoms with Gasteiger partial charge in [-0.05, 0) is 37.1 Å². The highest BCUT2D eigenvalue weighted by Crippen LogP contribution is 2.22. The number of benzene rings is 1. The minimum absolute atomic E-state index is 0.115. The average Bonchev–Trinajstić information content (AvgIpc) is 3.29. The van der Waals surface area contributed by atoms with Gasteiger partial charge in [-0.3, -0.25) is 4.79 Å². The molecule has 1 N–H and O–H groups in total. The molecule has 2 heterocycles. The highest BCUT2D eigenvalue weighted by Gasteiger charge is 2.12. The molecular formula is C18H20ClN5O2S2. The molecule has 0 radical (unpaired) electrons. The maximum Gasteiger partial charge on any atom is 0.236 e. The van der Waals surface area contributed by atoms with Crippen LogP contribution >= 0.6 is 34.7 Å². The molecule has 2 aromatic heterocycles. The van der Waals surface area contributed by atoms with E-state index < -0.39 is 0 Å². The lowest BCUT2D eigenvalue weighted by molar-refractivity contribution is -0.113. The second kappa shape index (κ2) is 9.90. The van der Waals surface area contributed by atoms with Crippen LogP contribution in [0.1, 0.15) is 17.8 Å². The van der Waals surface area contributed by atoms with E-state index in [1.165, 1.54) is 23.1 Å². The molecule has 1 amide bonds. The van der Waals surface area contributed by atoms with Gasteiger partial charge in [0, 0.05) is 30.1 Å². The number of nitrogens with zero attached hydrogens (tertiary/aromatic N) is 4. The topological polar surface area (TPSA) is 81.9 Å². The fraction of sp³-hybridized carbons (Fsp3) is 0.333. The predicted octanol–water partition coefficient (Wildman–Crippen LogP) is 3.98. The quantitative estimate of drug-likeness (QED) is 0.403. The van der Waals surface area contributed by atoms with E-state index in [1.54, 1.807) is 6.20 Å². The van der Waals surface area contributed by atoms with Crippen molar-refractivity contribution in [2.75, 3.05) is 17.7 Å². The van der Waals surface area contributed by atoms with Crippen LogP contribution in [0, 0.1) is 6.92 Å². The third kappa shape index (κ3) is 5.70. The molecule has 148 valence electrons. The molecule has 3 rings (SSSR count). The van der Waals surface area contributed by atoms with Gasteiger partial charge in [-0.15, -0.1) is 21.5 Å². The fourth-order valence-electron chi connectivity index (χ4n) is 2.45. The number of thiazole rings is 1. The molecule has 0 aliphatic rings. The zero-order valence-electron chi connectivity index (χ0n) is 15.5. The molecule has 7 nitrogen and oxygen atoms in total. The molecule has 1 aromatic carbocycles. The Balaban J connectivity index is 1.43. The number of carbonyl (C=O) groups excluding carboxylic acids is 1. The number of carbonyl (C=O) groups is 1. The van der Waals surface area contributed by atoms with E-state index >= 15 is 0 Å². The minimum atomic E-state index is -0.115. The van der Waals surface area contributed by atoms with Crippen molar-refractivity contribution in [3.8, 4) is 5.75 Å². The molecule has 0 aliphatic heterocycles. The highest BCUT2D eigenvalue weighted by atomic mass is 35.5. The Kier molecular flexibility index (Phi) is 7.30. The number of ether oxygens (including phenoxy) is 1. The third-order valence-corrected chi connectivity index (χ3v) is 5.82. The van der Waals surface area contributed by atoms with Gasteiger partial charge in [-0.1, -0.05) is 23.4 Å². The van der Waals surface area contributed by atoms with Crippen LogP contribution in [0.4, 0.5) is 5.13 Å². The number of amides is 1. The Hall–Kier alpha value is -2.10. The van der Waals surface area contributed by atoms with Crippen LogP contribution in [-0.2, 0) is 18.3 Å². The SMILES string of the molecule is Cc1cc(Cl)ccc1OCCCc1nnc(SCC(=O)Nc2nccs2)n1C. The van der Waals surface area contributed by atoms with Crippen molar-refractivity contribution in [3.63, 3.8) is 0 Å². The number of halogens is 1. The Labute approximate surface area is 176 Å². The van der Waals surface area contributed by atoms with Crippen LogP contribution in [0.2, 0.25) is 5.02 Å².